The van der Waals surface area contributed by atoms with Crippen molar-refractivity contribution in [2.24, 2.45) is 0 Å². The highest BCUT2D eigenvalue weighted by molar-refractivity contribution is 9.10. The summed E-state index contributed by atoms with van der Waals surface area (Å²) in [7, 11) is 0. The summed E-state index contributed by atoms with van der Waals surface area (Å²) in [5, 5.41) is 12.9. The summed E-state index contributed by atoms with van der Waals surface area (Å²) in [6, 6.07) is 4.04. The van der Waals surface area contributed by atoms with Crippen LogP contribution in [0, 0.1) is 0 Å². The van der Waals surface area contributed by atoms with E-state index in [4.69, 9.17) is 4.42 Å². The number of halogens is 1. The average Bonchev–Trinajstić information content (AvgIpc) is 2.72. The van der Waals surface area contributed by atoms with Crippen molar-refractivity contribution in [1.29, 1.82) is 0 Å². The van der Waals surface area contributed by atoms with Crippen molar-refractivity contribution in [2.45, 2.75) is 38.0 Å². The average molecular weight is 260 g/mol. The third-order valence-electron chi connectivity index (χ3n) is 2.65. The van der Waals surface area contributed by atoms with Crippen LogP contribution in [-0.2, 0) is 6.54 Å². The molecular formula is C10H14BrNO2. The van der Waals surface area contributed by atoms with E-state index >= 15 is 0 Å². The van der Waals surface area contributed by atoms with E-state index in [1.807, 2.05) is 12.1 Å². The zero-order chi connectivity index (χ0) is 9.97. The van der Waals surface area contributed by atoms with Crippen molar-refractivity contribution < 1.29 is 9.52 Å². The summed E-state index contributed by atoms with van der Waals surface area (Å²) in [5.41, 5.74) is 0. The van der Waals surface area contributed by atoms with Gasteiger partial charge in [0.05, 0.1) is 12.6 Å². The van der Waals surface area contributed by atoms with Gasteiger partial charge in [0.2, 0.25) is 0 Å². The van der Waals surface area contributed by atoms with Gasteiger partial charge in [-0.2, -0.15) is 0 Å². The molecule has 14 heavy (non-hydrogen) atoms. The van der Waals surface area contributed by atoms with E-state index in [9.17, 15) is 5.11 Å². The Hall–Kier alpha value is -0.320. The minimum absolute atomic E-state index is 0.187. The fourth-order valence-electron chi connectivity index (χ4n) is 1.86. The van der Waals surface area contributed by atoms with Crippen LogP contribution in [0.2, 0.25) is 0 Å². The molecule has 0 saturated heterocycles. The molecule has 0 unspecified atom stereocenters. The highest BCUT2D eigenvalue weighted by Gasteiger charge is 2.24. The summed E-state index contributed by atoms with van der Waals surface area (Å²) in [5.74, 6) is 0.899. The highest BCUT2D eigenvalue weighted by Crippen LogP contribution is 2.20. The molecule has 0 aromatic carbocycles. The van der Waals surface area contributed by atoms with E-state index in [1.165, 1.54) is 0 Å². The molecule has 2 atom stereocenters. The molecule has 0 aliphatic heterocycles. The van der Waals surface area contributed by atoms with Crippen molar-refractivity contribution in [3.8, 4) is 0 Å². The molecule has 0 bridgehead atoms. The minimum Gasteiger partial charge on any atom is -0.453 e. The first-order chi connectivity index (χ1) is 6.75. The predicted octanol–water partition coefficient (Wildman–Crippen LogP) is 2.05. The van der Waals surface area contributed by atoms with Crippen molar-refractivity contribution in [3.63, 3.8) is 0 Å². The van der Waals surface area contributed by atoms with Crippen LogP contribution in [0.3, 0.4) is 0 Å². The van der Waals surface area contributed by atoms with E-state index in [2.05, 4.69) is 21.2 Å². The molecule has 78 valence electrons. The molecule has 1 aliphatic rings. The van der Waals surface area contributed by atoms with E-state index in [-0.39, 0.29) is 12.1 Å². The van der Waals surface area contributed by atoms with Crippen LogP contribution in [0.25, 0.3) is 0 Å². The first-order valence-electron chi connectivity index (χ1n) is 4.91. The fraction of sp³-hybridized carbons (Fsp3) is 0.600. The lowest BCUT2D eigenvalue weighted by atomic mass is 10.2. The van der Waals surface area contributed by atoms with Gasteiger partial charge in [-0.15, -0.1) is 0 Å². The number of rotatable bonds is 3. The van der Waals surface area contributed by atoms with Crippen LogP contribution in [0.5, 0.6) is 0 Å². The second kappa shape index (κ2) is 4.47. The first kappa shape index (κ1) is 10.2. The van der Waals surface area contributed by atoms with Crippen molar-refractivity contribution in [1.82, 2.24) is 5.32 Å². The van der Waals surface area contributed by atoms with Gasteiger partial charge in [0.15, 0.2) is 4.67 Å². The van der Waals surface area contributed by atoms with E-state index in [1.54, 1.807) is 0 Å². The number of furan rings is 1. The Labute approximate surface area is 91.6 Å². The highest BCUT2D eigenvalue weighted by atomic mass is 79.9. The van der Waals surface area contributed by atoms with E-state index in [0.717, 1.165) is 29.7 Å². The molecular weight excluding hydrogens is 246 g/mol. The lowest BCUT2D eigenvalue weighted by molar-refractivity contribution is 0.147. The standard InChI is InChI=1S/C10H14BrNO2/c11-10-5-4-7(14-10)6-12-8-2-1-3-9(8)13/h4-5,8-9,12-13H,1-3,6H2/t8-,9-/m0/s1. The quantitative estimate of drug-likeness (QED) is 0.874. The van der Waals surface area contributed by atoms with Gasteiger partial charge in [0, 0.05) is 6.04 Å². The van der Waals surface area contributed by atoms with Crippen LogP contribution < -0.4 is 5.32 Å². The molecule has 3 nitrogen and oxygen atoms in total. The minimum atomic E-state index is -0.187. The Bertz CT molecular complexity index is 300. The zero-order valence-electron chi connectivity index (χ0n) is 7.87. The maximum absolute atomic E-state index is 9.57. The first-order valence-corrected chi connectivity index (χ1v) is 5.70. The van der Waals surface area contributed by atoms with Gasteiger partial charge in [0.1, 0.15) is 5.76 Å². The molecule has 1 aliphatic carbocycles. The Morgan fingerprint density at radius 2 is 2.36 bits per heavy atom. The largest absolute Gasteiger partial charge is 0.453 e. The van der Waals surface area contributed by atoms with Crippen LogP contribution in [-0.4, -0.2) is 17.3 Å². The number of aliphatic hydroxyl groups is 1. The van der Waals surface area contributed by atoms with Gasteiger partial charge >= 0.3 is 0 Å². The molecule has 2 N–H and O–H groups in total. The Morgan fingerprint density at radius 1 is 1.50 bits per heavy atom. The van der Waals surface area contributed by atoms with Gasteiger partial charge in [-0.3, -0.25) is 0 Å². The van der Waals surface area contributed by atoms with Crippen LogP contribution in [0.4, 0.5) is 0 Å². The van der Waals surface area contributed by atoms with E-state index in [0.29, 0.717) is 6.54 Å². The molecule has 0 radical (unpaired) electrons. The van der Waals surface area contributed by atoms with Gasteiger partial charge < -0.3 is 14.8 Å². The molecule has 1 aromatic rings. The van der Waals surface area contributed by atoms with E-state index < -0.39 is 0 Å². The third-order valence-corrected chi connectivity index (χ3v) is 3.07. The molecule has 1 heterocycles. The number of aliphatic hydroxyl groups excluding tert-OH is 1. The van der Waals surface area contributed by atoms with Crippen LogP contribution in [0.15, 0.2) is 21.2 Å². The zero-order valence-corrected chi connectivity index (χ0v) is 9.46. The summed E-state index contributed by atoms with van der Waals surface area (Å²) in [4.78, 5) is 0. The second-order valence-corrected chi connectivity index (χ2v) is 4.47. The molecule has 1 saturated carbocycles. The Kier molecular flexibility index (Phi) is 3.26. The van der Waals surface area contributed by atoms with Crippen molar-refractivity contribution in [2.75, 3.05) is 0 Å². The van der Waals surface area contributed by atoms with Crippen LogP contribution in [0.1, 0.15) is 25.0 Å². The Balaban J connectivity index is 1.82. The summed E-state index contributed by atoms with van der Waals surface area (Å²) in [6.07, 6.45) is 2.90. The van der Waals surface area contributed by atoms with Gasteiger partial charge in [-0.05, 0) is 47.3 Å². The second-order valence-electron chi connectivity index (χ2n) is 3.69. The molecule has 0 amide bonds. The maximum Gasteiger partial charge on any atom is 0.169 e. The maximum atomic E-state index is 9.57. The van der Waals surface area contributed by atoms with Crippen molar-refractivity contribution in [3.05, 3.63) is 22.6 Å². The number of hydrogen-bond acceptors (Lipinski definition) is 3. The lowest BCUT2D eigenvalue weighted by Crippen LogP contribution is -2.34. The summed E-state index contributed by atoms with van der Waals surface area (Å²) < 4.78 is 6.10. The number of nitrogens with one attached hydrogen (secondary N) is 1. The molecule has 4 heteroatoms. The normalized spacial score (nSPS) is 27.0. The monoisotopic (exact) mass is 259 g/mol. The molecule has 1 fully saturated rings. The topological polar surface area (TPSA) is 45.4 Å². The summed E-state index contributed by atoms with van der Waals surface area (Å²) in [6.45, 7) is 0.688. The van der Waals surface area contributed by atoms with Gasteiger partial charge in [0.25, 0.3) is 0 Å². The fourth-order valence-corrected chi connectivity index (χ4v) is 2.20. The SMILES string of the molecule is O[C@H]1CCC[C@@H]1NCc1ccc(Br)o1. The molecule has 0 spiro atoms. The smallest absolute Gasteiger partial charge is 0.169 e. The lowest BCUT2D eigenvalue weighted by Gasteiger charge is -2.15. The molecule has 2 rings (SSSR count). The molecule has 1 aromatic heterocycles. The van der Waals surface area contributed by atoms with Gasteiger partial charge in [-0.25, -0.2) is 0 Å². The predicted molar refractivity (Wildman–Crippen MR) is 56.9 cm³/mol. The van der Waals surface area contributed by atoms with Crippen LogP contribution >= 0.6 is 15.9 Å². The number of hydrogen-bond donors (Lipinski definition) is 2. The Morgan fingerprint density at radius 3 is 2.93 bits per heavy atom. The van der Waals surface area contributed by atoms with Crippen molar-refractivity contribution >= 4 is 15.9 Å². The third kappa shape index (κ3) is 2.38. The van der Waals surface area contributed by atoms with Gasteiger partial charge in [-0.1, -0.05) is 0 Å². The summed E-state index contributed by atoms with van der Waals surface area (Å²) >= 11 is 3.25.